The molecule has 0 saturated carbocycles. The van der Waals surface area contributed by atoms with Gasteiger partial charge in [0.15, 0.2) is 0 Å². The second kappa shape index (κ2) is 4.03. The Kier molecular flexibility index (Phi) is 3.62. The minimum Gasteiger partial charge on any atom is -0.323 e. The highest BCUT2D eigenvalue weighted by atomic mass is 16.7. The zero-order chi connectivity index (χ0) is 7.28. The van der Waals surface area contributed by atoms with Crippen LogP contribution in [0, 0.1) is 0 Å². The fourth-order valence-corrected chi connectivity index (χ4v) is 0.201. The summed E-state index contributed by atoms with van der Waals surface area (Å²) in [6, 6.07) is -0.177. The summed E-state index contributed by atoms with van der Waals surface area (Å²) < 4.78 is 0. The van der Waals surface area contributed by atoms with Gasteiger partial charge in [-0.05, 0) is 6.92 Å². The highest BCUT2D eigenvalue weighted by molar-refractivity contribution is 5.68. The fourth-order valence-electron chi connectivity index (χ4n) is 0.201. The van der Waals surface area contributed by atoms with E-state index in [4.69, 9.17) is 5.73 Å². The molecule has 0 radical (unpaired) electrons. The van der Waals surface area contributed by atoms with Gasteiger partial charge in [0.05, 0.1) is 6.21 Å². The van der Waals surface area contributed by atoms with E-state index in [9.17, 15) is 4.79 Å². The van der Waals surface area contributed by atoms with Crippen LogP contribution < -0.4 is 5.73 Å². The molecule has 0 bridgehead atoms. The van der Waals surface area contributed by atoms with Crippen molar-refractivity contribution in [2.75, 3.05) is 0 Å². The van der Waals surface area contributed by atoms with Crippen molar-refractivity contribution in [2.24, 2.45) is 10.9 Å². The lowest BCUT2D eigenvalue weighted by Crippen LogP contribution is -2.16. The van der Waals surface area contributed by atoms with Gasteiger partial charge in [-0.15, -0.1) is 0 Å². The van der Waals surface area contributed by atoms with Gasteiger partial charge in [0.2, 0.25) is 0 Å². The summed E-state index contributed by atoms with van der Waals surface area (Å²) >= 11 is 0. The molecule has 0 rings (SSSR count). The standard InChI is InChI=1S/C5H10N2O2/c1-4(6)3-7-9-5(2)8/h3-4H,6H2,1-2H3. The number of hydrogen-bond donors (Lipinski definition) is 1. The Morgan fingerprint density at radius 2 is 2.44 bits per heavy atom. The SMILES string of the molecule is CC(=O)ON=CC(C)N. The van der Waals surface area contributed by atoms with Gasteiger partial charge in [-0.2, -0.15) is 0 Å². The van der Waals surface area contributed by atoms with Crippen molar-refractivity contribution in [2.45, 2.75) is 19.9 Å². The molecule has 1 unspecified atom stereocenters. The molecule has 0 aliphatic carbocycles. The first-order chi connectivity index (χ1) is 4.13. The molecular formula is C5H10N2O2. The van der Waals surface area contributed by atoms with Gasteiger partial charge in [0.1, 0.15) is 0 Å². The number of carbonyl (C=O) groups excluding carboxylic acids is 1. The third kappa shape index (κ3) is 7.10. The van der Waals surface area contributed by atoms with Crippen LogP contribution in [0.5, 0.6) is 0 Å². The third-order valence-electron chi connectivity index (χ3n) is 0.477. The van der Waals surface area contributed by atoms with E-state index in [1.165, 1.54) is 13.1 Å². The molecule has 0 aliphatic heterocycles. The predicted molar refractivity (Wildman–Crippen MR) is 33.9 cm³/mol. The van der Waals surface area contributed by atoms with E-state index in [2.05, 4.69) is 9.99 Å². The second-order valence-corrected chi connectivity index (χ2v) is 1.70. The van der Waals surface area contributed by atoms with E-state index in [1.54, 1.807) is 6.92 Å². The van der Waals surface area contributed by atoms with Gasteiger partial charge < -0.3 is 10.6 Å². The lowest BCUT2D eigenvalue weighted by atomic mass is 10.4. The summed E-state index contributed by atoms with van der Waals surface area (Å²) in [6.07, 6.45) is 1.35. The molecule has 0 heterocycles. The van der Waals surface area contributed by atoms with Crippen LogP contribution in [0.25, 0.3) is 0 Å². The minimum absolute atomic E-state index is 0.177. The quantitative estimate of drug-likeness (QED) is 0.322. The van der Waals surface area contributed by atoms with Gasteiger partial charge in [0, 0.05) is 13.0 Å². The maximum absolute atomic E-state index is 10.0. The van der Waals surface area contributed by atoms with E-state index >= 15 is 0 Å². The van der Waals surface area contributed by atoms with Crippen LogP contribution >= 0.6 is 0 Å². The van der Waals surface area contributed by atoms with Crippen LogP contribution in [0.4, 0.5) is 0 Å². The molecule has 0 aliphatic rings. The van der Waals surface area contributed by atoms with Crippen LogP contribution in [0.3, 0.4) is 0 Å². The first-order valence-electron chi connectivity index (χ1n) is 2.59. The molecule has 0 amide bonds. The topological polar surface area (TPSA) is 64.7 Å². The Morgan fingerprint density at radius 1 is 1.89 bits per heavy atom. The molecule has 52 valence electrons. The molecule has 2 N–H and O–H groups in total. The lowest BCUT2D eigenvalue weighted by molar-refractivity contribution is -0.140. The summed E-state index contributed by atoms with van der Waals surface area (Å²) in [5.74, 6) is -0.438. The van der Waals surface area contributed by atoms with Crippen LogP contribution in [-0.2, 0) is 9.63 Å². The number of nitrogens with zero attached hydrogens (tertiary/aromatic N) is 1. The average Bonchev–Trinajstić information content (AvgIpc) is 1.63. The zero-order valence-corrected chi connectivity index (χ0v) is 5.50. The molecule has 4 nitrogen and oxygen atoms in total. The molecule has 0 aromatic carbocycles. The van der Waals surface area contributed by atoms with E-state index < -0.39 is 5.97 Å². The van der Waals surface area contributed by atoms with Gasteiger partial charge >= 0.3 is 5.97 Å². The first-order valence-corrected chi connectivity index (χ1v) is 2.59. The Balaban J connectivity index is 3.36. The smallest absolute Gasteiger partial charge is 0.323 e. The molecule has 0 aromatic heterocycles. The summed E-state index contributed by atoms with van der Waals surface area (Å²) in [7, 11) is 0. The molecular weight excluding hydrogens is 120 g/mol. The maximum atomic E-state index is 10.0. The molecule has 9 heavy (non-hydrogen) atoms. The minimum atomic E-state index is -0.438. The lowest BCUT2D eigenvalue weighted by Gasteiger charge is -1.91. The average molecular weight is 130 g/mol. The van der Waals surface area contributed by atoms with Crippen molar-refractivity contribution in [1.82, 2.24) is 0 Å². The number of rotatable bonds is 2. The highest BCUT2D eigenvalue weighted by Crippen LogP contribution is 1.75. The first kappa shape index (κ1) is 8.10. The van der Waals surface area contributed by atoms with Crippen LogP contribution in [0.1, 0.15) is 13.8 Å². The Morgan fingerprint density at radius 3 is 2.78 bits per heavy atom. The van der Waals surface area contributed by atoms with Gasteiger partial charge in [-0.1, -0.05) is 5.16 Å². The van der Waals surface area contributed by atoms with Crippen LogP contribution in [0.15, 0.2) is 5.16 Å². The van der Waals surface area contributed by atoms with Gasteiger partial charge in [0.25, 0.3) is 0 Å². The molecule has 0 aromatic rings. The molecule has 0 saturated heterocycles. The second-order valence-electron chi connectivity index (χ2n) is 1.70. The Hall–Kier alpha value is -0.900. The predicted octanol–water partition coefficient (Wildman–Crippen LogP) is -0.118. The normalized spacial score (nSPS) is 13.7. The molecule has 0 spiro atoms. The largest absolute Gasteiger partial charge is 0.331 e. The summed E-state index contributed by atoms with van der Waals surface area (Å²) in [5.41, 5.74) is 5.24. The number of nitrogens with two attached hydrogens (primary N) is 1. The molecule has 0 fully saturated rings. The fraction of sp³-hybridized carbons (Fsp3) is 0.600. The van der Waals surface area contributed by atoms with E-state index in [0.717, 1.165) is 0 Å². The van der Waals surface area contributed by atoms with Gasteiger partial charge in [-0.3, -0.25) is 0 Å². The highest BCUT2D eigenvalue weighted by Gasteiger charge is 1.87. The van der Waals surface area contributed by atoms with Crippen LogP contribution in [-0.4, -0.2) is 18.2 Å². The van der Waals surface area contributed by atoms with E-state index in [-0.39, 0.29) is 6.04 Å². The number of carbonyl (C=O) groups is 1. The summed E-state index contributed by atoms with van der Waals surface area (Å²) in [4.78, 5) is 14.3. The summed E-state index contributed by atoms with van der Waals surface area (Å²) in [6.45, 7) is 3.01. The number of oxime groups is 1. The van der Waals surface area contributed by atoms with Crippen molar-refractivity contribution in [3.05, 3.63) is 0 Å². The third-order valence-corrected chi connectivity index (χ3v) is 0.477. The maximum Gasteiger partial charge on any atom is 0.331 e. The van der Waals surface area contributed by atoms with E-state index in [1.807, 2.05) is 0 Å². The number of hydrogen-bond acceptors (Lipinski definition) is 4. The zero-order valence-electron chi connectivity index (χ0n) is 5.50. The van der Waals surface area contributed by atoms with Crippen molar-refractivity contribution < 1.29 is 9.63 Å². The summed E-state index contributed by atoms with van der Waals surface area (Å²) in [5, 5.41) is 3.27. The van der Waals surface area contributed by atoms with Crippen molar-refractivity contribution in [3.63, 3.8) is 0 Å². The van der Waals surface area contributed by atoms with Crippen LogP contribution in [0.2, 0.25) is 0 Å². The van der Waals surface area contributed by atoms with Crippen molar-refractivity contribution in [3.8, 4) is 0 Å². The Bertz CT molecular complexity index is 120. The molecule has 4 heteroatoms. The molecule has 1 atom stereocenters. The van der Waals surface area contributed by atoms with Gasteiger partial charge in [-0.25, -0.2) is 4.79 Å². The van der Waals surface area contributed by atoms with E-state index in [0.29, 0.717) is 0 Å². The monoisotopic (exact) mass is 130 g/mol. The Labute approximate surface area is 53.7 Å². The van der Waals surface area contributed by atoms with Crippen molar-refractivity contribution in [1.29, 1.82) is 0 Å². The van der Waals surface area contributed by atoms with Crippen molar-refractivity contribution >= 4 is 12.2 Å².